The summed E-state index contributed by atoms with van der Waals surface area (Å²) < 4.78 is 0. The van der Waals surface area contributed by atoms with Gasteiger partial charge in [0.25, 0.3) is 0 Å². The Labute approximate surface area is 121 Å². The first-order valence-electron chi connectivity index (χ1n) is 6.17. The maximum Gasteiger partial charge on any atom is 0.248 e. The molecule has 0 unspecified atom stereocenters. The molecule has 1 aromatic heterocycles. The summed E-state index contributed by atoms with van der Waals surface area (Å²) in [7, 11) is 0. The molecule has 108 valence electrons. The summed E-state index contributed by atoms with van der Waals surface area (Å²) in [5, 5.41) is 14.9. The highest BCUT2D eigenvalue weighted by Crippen LogP contribution is 2.12. The van der Waals surface area contributed by atoms with E-state index in [9.17, 15) is 4.79 Å². The molecule has 21 heavy (non-hydrogen) atoms. The lowest BCUT2D eigenvalue weighted by molar-refractivity contribution is 0.100. The van der Waals surface area contributed by atoms with Gasteiger partial charge in [0.15, 0.2) is 5.84 Å². The number of nitrogens with two attached hydrogens (primary N) is 2. The van der Waals surface area contributed by atoms with E-state index in [4.69, 9.17) is 16.7 Å². The first-order chi connectivity index (χ1) is 10.1. The van der Waals surface area contributed by atoms with E-state index >= 15 is 0 Å². The summed E-state index contributed by atoms with van der Waals surface area (Å²) in [6.07, 6.45) is 1.57. The summed E-state index contributed by atoms with van der Waals surface area (Å²) in [6, 6.07) is 10.4. The number of nitrogens with zero attached hydrogens (tertiary/aromatic N) is 2. The fourth-order valence-corrected chi connectivity index (χ4v) is 1.81. The third-order valence-electron chi connectivity index (χ3n) is 2.89. The van der Waals surface area contributed by atoms with E-state index in [0.717, 1.165) is 11.3 Å². The van der Waals surface area contributed by atoms with Crippen LogP contribution in [0.1, 0.15) is 21.6 Å². The second-order valence-corrected chi connectivity index (χ2v) is 4.29. The van der Waals surface area contributed by atoms with Crippen LogP contribution in [-0.4, -0.2) is 21.9 Å². The fourth-order valence-electron chi connectivity index (χ4n) is 1.81. The maximum absolute atomic E-state index is 11.0. The van der Waals surface area contributed by atoms with E-state index in [0.29, 0.717) is 17.8 Å². The molecule has 2 rings (SSSR count). The lowest BCUT2D eigenvalue weighted by Gasteiger charge is -2.10. The number of rotatable bonds is 5. The predicted octanol–water partition coefficient (Wildman–Crippen LogP) is 0.887. The number of carbonyl (C=O) groups is 1. The first kappa shape index (κ1) is 14.3. The van der Waals surface area contributed by atoms with Crippen molar-refractivity contribution in [3.8, 4) is 0 Å². The van der Waals surface area contributed by atoms with Crippen molar-refractivity contribution in [2.75, 3.05) is 5.32 Å². The Balaban J connectivity index is 2.11. The number of hydrogen-bond donors (Lipinski definition) is 4. The Kier molecular flexibility index (Phi) is 4.35. The van der Waals surface area contributed by atoms with Crippen LogP contribution in [-0.2, 0) is 6.54 Å². The molecular weight excluding hydrogens is 270 g/mol. The van der Waals surface area contributed by atoms with E-state index in [1.807, 2.05) is 6.07 Å². The summed E-state index contributed by atoms with van der Waals surface area (Å²) >= 11 is 0. The SMILES string of the molecule is NC(=O)c1ccc(NCc2cccnc2C(N)=NO)cc1. The molecule has 0 saturated heterocycles. The topological polar surface area (TPSA) is 127 Å². The molecule has 1 aromatic carbocycles. The average Bonchev–Trinajstić information content (AvgIpc) is 2.52. The molecule has 0 radical (unpaired) electrons. The van der Waals surface area contributed by atoms with E-state index in [2.05, 4.69) is 15.5 Å². The zero-order valence-electron chi connectivity index (χ0n) is 11.2. The van der Waals surface area contributed by atoms with Crippen molar-refractivity contribution in [2.24, 2.45) is 16.6 Å². The van der Waals surface area contributed by atoms with Crippen LogP contribution in [0.2, 0.25) is 0 Å². The zero-order chi connectivity index (χ0) is 15.2. The first-order valence-corrected chi connectivity index (χ1v) is 6.17. The third-order valence-corrected chi connectivity index (χ3v) is 2.89. The molecule has 0 aliphatic heterocycles. The normalized spacial score (nSPS) is 11.1. The van der Waals surface area contributed by atoms with Gasteiger partial charge in [-0.05, 0) is 30.3 Å². The van der Waals surface area contributed by atoms with Gasteiger partial charge in [-0.1, -0.05) is 11.2 Å². The Morgan fingerprint density at radius 1 is 1.24 bits per heavy atom. The summed E-state index contributed by atoms with van der Waals surface area (Å²) in [6.45, 7) is 0.440. The highest BCUT2D eigenvalue weighted by atomic mass is 16.4. The second kappa shape index (κ2) is 6.38. The van der Waals surface area contributed by atoms with Crippen LogP contribution in [0, 0.1) is 0 Å². The molecular formula is C14H15N5O2. The molecule has 0 spiro atoms. The zero-order valence-corrected chi connectivity index (χ0v) is 11.2. The molecule has 6 N–H and O–H groups in total. The number of hydrogen-bond acceptors (Lipinski definition) is 5. The predicted molar refractivity (Wildman–Crippen MR) is 79.0 cm³/mol. The monoisotopic (exact) mass is 285 g/mol. The van der Waals surface area contributed by atoms with Gasteiger partial charge in [-0.25, -0.2) is 0 Å². The molecule has 0 fully saturated rings. The van der Waals surface area contributed by atoms with Gasteiger partial charge in [0.05, 0.1) is 0 Å². The van der Waals surface area contributed by atoms with Crippen LogP contribution in [0.3, 0.4) is 0 Å². The van der Waals surface area contributed by atoms with Gasteiger partial charge in [-0.3, -0.25) is 9.78 Å². The van der Waals surface area contributed by atoms with Gasteiger partial charge in [-0.15, -0.1) is 0 Å². The number of oxime groups is 1. The smallest absolute Gasteiger partial charge is 0.248 e. The van der Waals surface area contributed by atoms with Crippen LogP contribution in [0.5, 0.6) is 0 Å². The number of nitrogens with one attached hydrogen (secondary N) is 1. The van der Waals surface area contributed by atoms with Gasteiger partial charge in [0.2, 0.25) is 5.91 Å². The molecule has 0 atom stereocenters. The number of pyridine rings is 1. The lowest BCUT2D eigenvalue weighted by Crippen LogP contribution is -2.18. The molecule has 0 bridgehead atoms. The molecule has 0 aliphatic rings. The van der Waals surface area contributed by atoms with Crippen LogP contribution in [0.4, 0.5) is 5.69 Å². The molecule has 7 heteroatoms. The minimum atomic E-state index is -0.469. The van der Waals surface area contributed by atoms with Gasteiger partial charge in [0, 0.05) is 29.6 Å². The molecule has 7 nitrogen and oxygen atoms in total. The van der Waals surface area contributed by atoms with Gasteiger partial charge >= 0.3 is 0 Å². The molecule has 0 saturated carbocycles. The van der Waals surface area contributed by atoms with Crippen molar-refractivity contribution in [3.05, 3.63) is 59.4 Å². The van der Waals surface area contributed by atoms with Gasteiger partial charge < -0.3 is 22.0 Å². The van der Waals surface area contributed by atoms with Crippen molar-refractivity contribution >= 4 is 17.4 Å². The van der Waals surface area contributed by atoms with Crippen LogP contribution < -0.4 is 16.8 Å². The number of carbonyl (C=O) groups excluding carboxylic acids is 1. The van der Waals surface area contributed by atoms with Crippen molar-refractivity contribution in [1.82, 2.24) is 4.98 Å². The van der Waals surface area contributed by atoms with E-state index in [-0.39, 0.29) is 5.84 Å². The van der Waals surface area contributed by atoms with Crippen LogP contribution in [0.15, 0.2) is 47.8 Å². The Bertz CT molecular complexity index is 667. The average molecular weight is 285 g/mol. The Hall–Kier alpha value is -3.09. The largest absolute Gasteiger partial charge is 0.409 e. The number of amides is 1. The van der Waals surface area contributed by atoms with E-state index < -0.39 is 5.91 Å². The molecule has 1 amide bonds. The number of benzene rings is 1. The minimum Gasteiger partial charge on any atom is -0.409 e. The van der Waals surface area contributed by atoms with E-state index in [1.165, 1.54) is 0 Å². The Morgan fingerprint density at radius 2 is 1.95 bits per heavy atom. The van der Waals surface area contributed by atoms with E-state index in [1.54, 1.807) is 36.5 Å². The second-order valence-electron chi connectivity index (χ2n) is 4.29. The van der Waals surface area contributed by atoms with Crippen molar-refractivity contribution < 1.29 is 10.0 Å². The Morgan fingerprint density at radius 3 is 2.57 bits per heavy atom. The minimum absolute atomic E-state index is 0.0449. The lowest BCUT2D eigenvalue weighted by atomic mass is 10.1. The van der Waals surface area contributed by atoms with Crippen molar-refractivity contribution in [2.45, 2.75) is 6.54 Å². The molecule has 0 aliphatic carbocycles. The standard InChI is InChI=1S/C14H15N5O2/c15-13(19-21)12-10(2-1-7-17-12)8-18-11-5-3-9(4-6-11)14(16)20/h1-7,18,21H,8H2,(H2,15,19)(H2,16,20). The summed E-state index contributed by atoms with van der Waals surface area (Å²) in [5.74, 6) is -0.514. The third kappa shape index (κ3) is 3.47. The van der Waals surface area contributed by atoms with Crippen LogP contribution >= 0.6 is 0 Å². The quantitative estimate of drug-likeness (QED) is 0.281. The highest BCUT2D eigenvalue weighted by Gasteiger charge is 2.08. The fraction of sp³-hybridized carbons (Fsp3) is 0.0714. The number of amidine groups is 1. The molecule has 1 heterocycles. The highest BCUT2D eigenvalue weighted by molar-refractivity contribution is 5.96. The maximum atomic E-state index is 11.0. The number of aromatic nitrogens is 1. The number of primary amides is 1. The molecule has 2 aromatic rings. The van der Waals surface area contributed by atoms with Gasteiger partial charge in [-0.2, -0.15) is 0 Å². The van der Waals surface area contributed by atoms with Crippen molar-refractivity contribution in [3.63, 3.8) is 0 Å². The number of anilines is 1. The summed E-state index contributed by atoms with van der Waals surface area (Å²) in [5.41, 5.74) is 13.2. The van der Waals surface area contributed by atoms with Crippen molar-refractivity contribution in [1.29, 1.82) is 0 Å². The van der Waals surface area contributed by atoms with Gasteiger partial charge in [0.1, 0.15) is 5.69 Å². The van der Waals surface area contributed by atoms with Crippen LogP contribution in [0.25, 0.3) is 0 Å². The summed E-state index contributed by atoms with van der Waals surface area (Å²) in [4.78, 5) is 15.1.